The maximum absolute atomic E-state index is 11.3. The van der Waals surface area contributed by atoms with Gasteiger partial charge in [0.05, 0.1) is 6.61 Å². The van der Waals surface area contributed by atoms with E-state index in [0.29, 0.717) is 6.54 Å². The van der Waals surface area contributed by atoms with Crippen LogP contribution in [0.5, 0.6) is 0 Å². The standard InChI is InChI=1S/C10H19N3O4S/c14-7-8(9(15)16)12-10(17)11-1-2-13-3-5-18-6-4-13/h8,14H,1-7H2,(H,15,16)(H2,11,12,17)/t8-/m0/s1. The van der Waals surface area contributed by atoms with E-state index in [-0.39, 0.29) is 0 Å². The third kappa shape index (κ3) is 5.56. The zero-order chi connectivity index (χ0) is 13.4. The van der Waals surface area contributed by atoms with Gasteiger partial charge in [-0.05, 0) is 0 Å². The van der Waals surface area contributed by atoms with Gasteiger partial charge in [-0.2, -0.15) is 11.8 Å². The summed E-state index contributed by atoms with van der Waals surface area (Å²) in [7, 11) is 0. The lowest BCUT2D eigenvalue weighted by Gasteiger charge is -2.26. The van der Waals surface area contributed by atoms with E-state index in [1.165, 1.54) is 0 Å². The first-order valence-corrected chi connectivity index (χ1v) is 6.97. The molecule has 0 aliphatic carbocycles. The van der Waals surface area contributed by atoms with Crippen LogP contribution in [-0.2, 0) is 4.79 Å². The summed E-state index contributed by atoms with van der Waals surface area (Å²) in [6, 6.07) is -1.82. The van der Waals surface area contributed by atoms with Crippen LogP contribution in [0.15, 0.2) is 0 Å². The number of thioether (sulfide) groups is 1. The number of rotatable bonds is 6. The number of aliphatic hydroxyl groups excluding tert-OH is 1. The highest BCUT2D eigenvalue weighted by Crippen LogP contribution is 2.07. The van der Waals surface area contributed by atoms with Crippen molar-refractivity contribution in [1.29, 1.82) is 0 Å². The third-order valence-corrected chi connectivity index (χ3v) is 3.55. The van der Waals surface area contributed by atoms with Crippen LogP contribution in [0, 0.1) is 0 Å². The molecule has 4 N–H and O–H groups in total. The molecule has 2 amide bonds. The van der Waals surface area contributed by atoms with Crippen LogP contribution in [0.2, 0.25) is 0 Å². The molecule has 0 bridgehead atoms. The number of carboxylic acids is 1. The Kier molecular flexibility index (Phi) is 6.84. The van der Waals surface area contributed by atoms with E-state index in [4.69, 9.17) is 10.2 Å². The van der Waals surface area contributed by atoms with Gasteiger partial charge in [0.2, 0.25) is 0 Å². The molecule has 1 rings (SSSR count). The number of carbonyl (C=O) groups excluding carboxylic acids is 1. The smallest absolute Gasteiger partial charge is 0.328 e. The lowest BCUT2D eigenvalue weighted by atomic mass is 10.3. The first-order valence-electron chi connectivity index (χ1n) is 5.81. The number of nitrogens with zero attached hydrogens (tertiary/aromatic N) is 1. The SMILES string of the molecule is O=C(NCCN1CCSCC1)N[C@@H](CO)C(=O)O. The average Bonchev–Trinajstić information content (AvgIpc) is 2.37. The van der Waals surface area contributed by atoms with Gasteiger partial charge >= 0.3 is 12.0 Å². The monoisotopic (exact) mass is 277 g/mol. The fourth-order valence-electron chi connectivity index (χ4n) is 1.55. The molecule has 0 spiro atoms. The number of nitrogens with one attached hydrogen (secondary N) is 2. The van der Waals surface area contributed by atoms with Crippen molar-refractivity contribution in [2.24, 2.45) is 0 Å². The number of hydrogen-bond donors (Lipinski definition) is 4. The van der Waals surface area contributed by atoms with Crippen molar-refractivity contribution in [3.63, 3.8) is 0 Å². The first kappa shape index (κ1) is 15.1. The second-order valence-corrected chi connectivity index (χ2v) is 5.15. The third-order valence-electron chi connectivity index (χ3n) is 2.60. The van der Waals surface area contributed by atoms with E-state index in [9.17, 15) is 9.59 Å². The summed E-state index contributed by atoms with van der Waals surface area (Å²) in [5, 5.41) is 22.1. The molecule has 18 heavy (non-hydrogen) atoms. The fraction of sp³-hybridized carbons (Fsp3) is 0.800. The molecule has 104 valence electrons. The number of aliphatic carboxylic acids is 1. The number of carboxylic acid groups (broad SMARTS) is 1. The molecule has 1 fully saturated rings. The molecule has 0 saturated carbocycles. The summed E-state index contributed by atoms with van der Waals surface area (Å²) in [6.45, 7) is 2.63. The summed E-state index contributed by atoms with van der Waals surface area (Å²) in [6.07, 6.45) is 0. The Morgan fingerprint density at radius 2 is 2.00 bits per heavy atom. The number of urea groups is 1. The highest BCUT2D eigenvalue weighted by molar-refractivity contribution is 7.99. The molecule has 1 aliphatic heterocycles. The van der Waals surface area contributed by atoms with Gasteiger partial charge in [0.1, 0.15) is 0 Å². The van der Waals surface area contributed by atoms with Gasteiger partial charge in [-0.1, -0.05) is 0 Å². The van der Waals surface area contributed by atoms with Crippen LogP contribution >= 0.6 is 11.8 Å². The maximum atomic E-state index is 11.3. The largest absolute Gasteiger partial charge is 0.480 e. The van der Waals surface area contributed by atoms with Crippen LogP contribution in [-0.4, -0.2) is 77.4 Å². The van der Waals surface area contributed by atoms with Crippen molar-refractivity contribution in [2.45, 2.75) is 6.04 Å². The van der Waals surface area contributed by atoms with Gasteiger partial charge in [0, 0.05) is 37.7 Å². The molecule has 1 heterocycles. The molecule has 0 radical (unpaired) electrons. The van der Waals surface area contributed by atoms with Gasteiger partial charge in [-0.3, -0.25) is 4.90 Å². The first-order chi connectivity index (χ1) is 8.63. The summed E-state index contributed by atoms with van der Waals surface area (Å²) in [5.41, 5.74) is 0. The Hall–Kier alpha value is -0.990. The van der Waals surface area contributed by atoms with Crippen molar-refractivity contribution in [2.75, 3.05) is 44.3 Å². The zero-order valence-corrected chi connectivity index (χ0v) is 10.9. The van der Waals surface area contributed by atoms with E-state index < -0.39 is 24.6 Å². The molecule has 8 heteroatoms. The highest BCUT2D eigenvalue weighted by atomic mass is 32.2. The number of amides is 2. The quantitative estimate of drug-likeness (QED) is 0.485. The van der Waals surface area contributed by atoms with Crippen LogP contribution in [0.1, 0.15) is 0 Å². The Balaban J connectivity index is 2.14. The molecule has 1 aliphatic rings. The second-order valence-electron chi connectivity index (χ2n) is 3.93. The minimum absolute atomic E-state index is 0.467. The second kappa shape index (κ2) is 8.17. The minimum Gasteiger partial charge on any atom is -0.480 e. The van der Waals surface area contributed by atoms with E-state index in [0.717, 1.165) is 31.1 Å². The van der Waals surface area contributed by atoms with Gasteiger partial charge in [0.15, 0.2) is 6.04 Å². The maximum Gasteiger partial charge on any atom is 0.328 e. The minimum atomic E-state index is -1.25. The predicted octanol–water partition coefficient (Wildman–Crippen LogP) is -1.22. The molecule has 7 nitrogen and oxygen atoms in total. The van der Waals surface area contributed by atoms with Gasteiger partial charge in [0.25, 0.3) is 0 Å². The van der Waals surface area contributed by atoms with Crippen LogP contribution in [0.25, 0.3) is 0 Å². The van der Waals surface area contributed by atoms with E-state index in [1.807, 2.05) is 11.8 Å². The van der Waals surface area contributed by atoms with Crippen molar-refractivity contribution in [3.05, 3.63) is 0 Å². The topological polar surface area (TPSA) is 102 Å². The molecule has 1 saturated heterocycles. The molecule has 0 aromatic heterocycles. The number of carbonyl (C=O) groups is 2. The van der Waals surface area contributed by atoms with Gasteiger partial charge in [-0.15, -0.1) is 0 Å². The lowest BCUT2D eigenvalue weighted by molar-refractivity contribution is -0.140. The summed E-state index contributed by atoms with van der Waals surface area (Å²) in [4.78, 5) is 24.2. The van der Waals surface area contributed by atoms with Crippen molar-refractivity contribution >= 4 is 23.8 Å². The van der Waals surface area contributed by atoms with E-state index in [1.54, 1.807) is 0 Å². The molecule has 0 aromatic carbocycles. The Morgan fingerprint density at radius 3 is 2.56 bits per heavy atom. The Labute approximate surface area is 110 Å². The summed E-state index contributed by atoms with van der Waals surface area (Å²) in [5.74, 6) is 0.969. The van der Waals surface area contributed by atoms with Crippen LogP contribution in [0.3, 0.4) is 0 Å². The highest BCUT2D eigenvalue weighted by Gasteiger charge is 2.18. The Bertz CT molecular complexity index is 284. The predicted molar refractivity (Wildman–Crippen MR) is 68.8 cm³/mol. The summed E-state index contributed by atoms with van der Waals surface area (Å²) < 4.78 is 0. The number of aliphatic hydroxyl groups is 1. The normalized spacial score (nSPS) is 18.1. The van der Waals surface area contributed by atoms with Crippen LogP contribution < -0.4 is 10.6 Å². The van der Waals surface area contributed by atoms with Gasteiger partial charge < -0.3 is 20.8 Å². The molecular formula is C10H19N3O4S. The molecule has 0 unspecified atom stereocenters. The zero-order valence-electron chi connectivity index (χ0n) is 10.1. The van der Waals surface area contributed by atoms with E-state index in [2.05, 4.69) is 15.5 Å². The molecule has 1 atom stereocenters. The van der Waals surface area contributed by atoms with Crippen molar-refractivity contribution in [3.8, 4) is 0 Å². The molecule has 0 aromatic rings. The number of hydrogen-bond acceptors (Lipinski definition) is 5. The Morgan fingerprint density at radius 1 is 1.33 bits per heavy atom. The van der Waals surface area contributed by atoms with Gasteiger partial charge in [-0.25, -0.2) is 9.59 Å². The summed E-state index contributed by atoms with van der Waals surface area (Å²) >= 11 is 1.92. The average molecular weight is 277 g/mol. The van der Waals surface area contributed by atoms with Crippen molar-refractivity contribution < 1.29 is 19.8 Å². The van der Waals surface area contributed by atoms with Crippen molar-refractivity contribution in [1.82, 2.24) is 15.5 Å². The molecular weight excluding hydrogens is 258 g/mol. The van der Waals surface area contributed by atoms with E-state index >= 15 is 0 Å². The fourth-order valence-corrected chi connectivity index (χ4v) is 2.53. The lowest BCUT2D eigenvalue weighted by Crippen LogP contribution is -2.49. The van der Waals surface area contributed by atoms with Crippen LogP contribution in [0.4, 0.5) is 4.79 Å².